The highest BCUT2D eigenvalue weighted by molar-refractivity contribution is 9.10. The molecule has 0 amide bonds. The van der Waals surface area contributed by atoms with Crippen LogP contribution in [0.1, 0.15) is 11.1 Å². The number of benzene rings is 1. The third-order valence-corrected chi connectivity index (χ3v) is 3.16. The minimum Gasteiger partial charge on any atom is -0.258 e. The van der Waals surface area contributed by atoms with Crippen LogP contribution in [-0.2, 0) is 5.33 Å². The predicted molar refractivity (Wildman–Crippen MR) is 58.2 cm³/mol. The van der Waals surface area contributed by atoms with Crippen LogP contribution < -0.4 is 0 Å². The summed E-state index contributed by atoms with van der Waals surface area (Å²) in [4.78, 5) is 10.2. The van der Waals surface area contributed by atoms with Gasteiger partial charge in [0.25, 0.3) is 5.69 Å². The minimum atomic E-state index is -0.365. The molecule has 0 radical (unpaired) electrons. The van der Waals surface area contributed by atoms with Gasteiger partial charge in [0.15, 0.2) is 0 Å². The molecule has 1 aromatic carbocycles. The number of aryl methyl sites for hydroxylation is 1. The zero-order valence-electron chi connectivity index (χ0n) is 6.88. The first kappa shape index (κ1) is 10.7. The molecule has 1 aromatic rings. The van der Waals surface area contributed by atoms with E-state index in [1.54, 1.807) is 12.1 Å². The molecular formula is C8H7Br2NO2. The first-order valence-electron chi connectivity index (χ1n) is 3.55. The monoisotopic (exact) mass is 307 g/mol. The van der Waals surface area contributed by atoms with Gasteiger partial charge in [-0.1, -0.05) is 31.9 Å². The summed E-state index contributed by atoms with van der Waals surface area (Å²) in [5.41, 5.74) is 1.72. The molecule has 0 saturated heterocycles. The Morgan fingerprint density at radius 3 is 2.62 bits per heavy atom. The molecule has 0 saturated carbocycles. The molecular weight excluding hydrogens is 302 g/mol. The van der Waals surface area contributed by atoms with Crippen LogP contribution in [0.3, 0.4) is 0 Å². The molecule has 0 aliphatic heterocycles. The van der Waals surface area contributed by atoms with Crippen molar-refractivity contribution in [2.45, 2.75) is 12.3 Å². The Labute approximate surface area is 92.5 Å². The molecule has 0 heterocycles. The zero-order chi connectivity index (χ0) is 10.0. The summed E-state index contributed by atoms with van der Waals surface area (Å²) in [5.74, 6) is 0. The fourth-order valence-electron chi connectivity index (χ4n) is 0.984. The summed E-state index contributed by atoms with van der Waals surface area (Å²) >= 11 is 6.54. The Kier molecular flexibility index (Phi) is 3.44. The summed E-state index contributed by atoms with van der Waals surface area (Å²) in [6.07, 6.45) is 0. The van der Waals surface area contributed by atoms with Crippen LogP contribution in [0.2, 0.25) is 0 Å². The van der Waals surface area contributed by atoms with E-state index in [1.165, 1.54) is 0 Å². The average Bonchev–Trinajstić information content (AvgIpc) is 2.08. The molecule has 0 aromatic heterocycles. The average molecular weight is 309 g/mol. The van der Waals surface area contributed by atoms with Gasteiger partial charge >= 0.3 is 0 Å². The van der Waals surface area contributed by atoms with Crippen LogP contribution >= 0.6 is 31.9 Å². The molecule has 1 rings (SSSR count). The summed E-state index contributed by atoms with van der Waals surface area (Å²) in [7, 11) is 0. The van der Waals surface area contributed by atoms with Crippen LogP contribution in [0.25, 0.3) is 0 Å². The van der Waals surface area contributed by atoms with E-state index in [4.69, 9.17) is 0 Å². The number of nitro benzene ring substituents is 1. The third kappa shape index (κ3) is 2.28. The van der Waals surface area contributed by atoms with Crippen LogP contribution in [0.15, 0.2) is 16.6 Å². The molecule has 3 nitrogen and oxygen atoms in total. The van der Waals surface area contributed by atoms with E-state index in [0.717, 1.165) is 10.0 Å². The molecule has 0 unspecified atom stereocenters. The maximum absolute atomic E-state index is 10.6. The number of hydrogen-bond acceptors (Lipinski definition) is 2. The van der Waals surface area contributed by atoms with Crippen molar-refractivity contribution in [1.82, 2.24) is 0 Å². The SMILES string of the molecule is Cc1cc([N+](=O)[O-])c(CBr)cc1Br. The summed E-state index contributed by atoms with van der Waals surface area (Å²) in [6.45, 7) is 1.83. The number of nitrogens with zero attached hydrogens (tertiary/aromatic N) is 1. The van der Waals surface area contributed by atoms with Gasteiger partial charge in [-0.05, 0) is 18.6 Å². The second-order valence-corrected chi connectivity index (χ2v) is 4.04. The van der Waals surface area contributed by atoms with Crippen molar-refractivity contribution in [3.63, 3.8) is 0 Å². The van der Waals surface area contributed by atoms with Crippen molar-refractivity contribution in [2.24, 2.45) is 0 Å². The molecule has 5 heteroatoms. The third-order valence-electron chi connectivity index (χ3n) is 1.70. The van der Waals surface area contributed by atoms with E-state index in [0.29, 0.717) is 10.9 Å². The molecule has 0 spiro atoms. The summed E-state index contributed by atoms with van der Waals surface area (Å²) in [6, 6.07) is 3.34. The van der Waals surface area contributed by atoms with Crippen molar-refractivity contribution in [3.8, 4) is 0 Å². The lowest BCUT2D eigenvalue weighted by Crippen LogP contribution is -1.94. The van der Waals surface area contributed by atoms with Gasteiger partial charge in [0, 0.05) is 21.4 Å². The fraction of sp³-hybridized carbons (Fsp3) is 0.250. The highest BCUT2D eigenvalue weighted by Gasteiger charge is 2.14. The number of nitro groups is 1. The van der Waals surface area contributed by atoms with Gasteiger partial charge in [-0.3, -0.25) is 10.1 Å². The molecule has 0 bridgehead atoms. The second-order valence-electron chi connectivity index (χ2n) is 2.62. The van der Waals surface area contributed by atoms with Crippen molar-refractivity contribution in [2.75, 3.05) is 0 Å². The normalized spacial score (nSPS) is 10.1. The lowest BCUT2D eigenvalue weighted by molar-refractivity contribution is -0.385. The smallest absolute Gasteiger partial charge is 0.258 e. The van der Waals surface area contributed by atoms with Crippen LogP contribution in [-0.4, -0.2) is 4.92 Å². The molecule has 0 aliphatic rings. The topological polar surface area (TPSA) is 43.1 Å². The van der Waals surface area contributed by atoms with Gasteiger partial charge in [0.2, 0.25) is 0 Å². The largest absolute Gasteiger partial charge is 0.273 e. The molecule has 0 aliphatic carbocycles. The fourth-order valence-corrected chi connectivity index (χ4v) is 1.82. The number of rotatable bonds is 2. The molecule has 0 N–H and O–H groups in total. The maximum Gasteiger partial charge on any atom is 0.273 e. The van der Waals surface area contributed by atoms with Crippen LogP contribution in [0.4, 0.5) is 5.69 Å². The molecule has 13 heavy (non-hydrogen) atoms. The number of halogens is 2. The lowest BCUT2D eigenvalue weighted by atomic mass is 10.1. The van der Waals surface area contributed by atoms with E-state index in [2.05, 4.69) is 31.9 Å². The van der Waals surface area contributed by atoms with Crippen molar-refractivity contribution < 1.29 is 4.92 Å². The Morgan fingerprint density at radius 2 is 2.15 bits per heavy atom. The highest BCUT2D eigenvalue weighted by atomic mass is 79.9. The second kappa shape index (κ2) is 4.19. The quantitative estimate of drug-likeness (QED) is 0.476. The Hall–Kier alpha value is -0.420. The first-order valence-corrected chi connectivity index (χ1v) is 5.47. The Bertz CT molecular complexity index is 352. The van der Waals surface area contributed by atoms with Gasteiger partial charge in [-0.2, -0.15) is 0 Å². The molecule has 0 fully saturated rings. The lowest BCUT2D eigenvalue weighted by Gasteiger charge is -2.02. The maximum atomic E-state index is 10.6. The number of hydrogen-bond donors (Lipinski definition) is 0. The highest BCUT2D eigenvalue weighted by Crippen LogP contribution is 2.28. The summed E-state index contributed by atoms with van der Waals surface area (Å²) < 4.78 is 0.896. The van der Waals surface area contributed by atoms with Crippen LogP contribution in [0, 0.1) is 17.0 Å². The standard InChI is InChI=1S/C8H7Br2NO2/c1-5-2-8(11(12)13)6(4-9)3-7(5)10/h2-3H,4H2,1H3. The van der Waals surface area contributed by atoms with E-state index in [-0.39, 0.29) is 10.6 Å². The van der Waals surface area contributed by atoms with Crippen molar-refractivity contribution in [1.29, 1.82) is 0 Å². The van der Waals surface area contributed by atoms with Crippen LogP contribution in [0.5, 0.6) is 0 Å². The van der Waals surface area contributed by atoms with E-state index >= 15 is 0 Å². The Morgan fingerprint density at radius 1 is 1.54 bits per heavy atom. The Balaban J connectivity index is 3.33. The number of alkyl halides is 1. The summed E-state index contributed by atoms with van der Waals surface area (Å²) in [5, 5.41) is 11.1. The van der Waals surface area contributed by atoms with Gasteiger partial charge in [-0.25, -0.2) is 0 Å². The van der Waals surface area contributed by atoms with E-state index in [1.807, 2.05) is 6.92 Å². The zero-order valence-corrected chi connectivity index (χ0v) is 10.1. The van der Waals surface area contributed by atoms with Crippen molar-refractivity contribution >= 4 is 37.5 Å². The first-order chi connectivity index (χ1) is 6.06. The van der Waals surface area contributed by atoms with Crippen molar-refractivity contribution in [3.05, 3.63) is 37.8 Å². The van der Waals surface area contributed by atoms with Gasteiger partial charge < -0.3 is 0 Å². The van der Waals surface area contributed by atoms with Gasteiger partial charge in [0.1, 0.15) is 0 Å². The molecule has 70 valence electrons. The van der Waals surface area contributed by atoms with Gasteiger partial charge in [-0.15, -0.1) is 0 Å². The van der Waals surface area contributed by atoms with E-state index < -0.39 is 0 Å². The minimum absolute atomic E-state index is 0.164. The molecule has 0 atom stereocenters. The predicted octanol–water partition coefficient (Wildman–Crippen LogP) is 3.56. The van der Waals surface area contributed by atoms with Gasteiger partial charge in [0.05, 0.1) is 4.92 Å². The van der Waals surface area contributed by atoms with E-state index in [9.17, 15) is 10.1 Å².